The number of thioether (sulfide) groups is 1. The first-order chi connectivity index (χ1) is 14.1. The van der Waals surface area contributed by atoms with Crippen LogP contribution in [-0.2, 0) is 6.42 Å². The summed E-state index contributed by atoms with van der Waals surface area (Å²) >= 11 is 5.58. The first-order valence-electron chi connectivity index (χ1n) is 10.3. The second-order valence-corrected chi connectivity index (χ2v) is 10.2. The van der Waals surface area contributed by atoms with Crippen LogP contribution in [0.5, 0.6) is 0 Å². The standard InChI is InChI=1S/C26H24BrNS/c1-16-14-19-6-5-7-21-25(22(19)15-17(16)2)28-23-8-3-4-9-24(23)29-26(21)18-10-12-20(27)13-11-18/h3-4,8-15,21,26H,5-7H2,1-2H3. The number of fused-ring (bicyclic) bond motifs is 4. The fourth-order valence-electron chi connectivity index (χ4n) is 4.56. The lowest BCUT2D eigenvalue weighted by Gasteiger charge is -2.26. The number of para-hydroxylation sites is 1. The van der Waals surface area contributed by atoms with Crippen LogP contribution in [0.2, 0.25) is 0 Å². The molecule has 0 saturated heterocycles. The molecule has 0 saturated carbocycles. The summed E-state index contributed by atoms with van der Waals surface area (Å²) in [6, 6.07) is 22.3. The van der Waals surface area contributed by atoms with Gasteiger partial charge in [0.2, 0.25) is 0 Å². The van der Waals surface area contributed by atoms with Crippen molar-refractivity contribution in [2.45, 2.75) is 43.3 Å². The van der Waals surface area contributed by atoms with Crippen molar-refractivity contribution in [1.82, 2.24) is 0 Å². The van der Waals surface area contributed by atoms with Crippen molar-refractivity contribution in [2.24, 2.45) is 10.9 Å². The Morgan fingerprint density at radius 1 is 0.966 bits per heavy atom. The van der Waals surface area contributed by atoms with E-state index >= 15 is 0 Å². The molecule has 0 spiro atoms. The van der Waals surface area contributed by atoms with E-state index in [0.717, 1.165) is 16.6 Å². The van der Waals surface area contributed by atoms with E-state index in [9.17, 15) is 0 Å². The number of benzene rings is 3. The molecule has 1 heterocycles. The molecule has 3 aromatic carbocycles. The van der Waals surface area contributed by atoms with Gasteiger partial charge in [0.1, 0.15) is 0 Å². The van der Waals surface area contributed by atoms with Gasteiger partial charge in [-0.2, -0.15) is 0 Å². The van der Waals surface area contributed by atoms with Gasteiger partial charge in [-0.05, 0) is 91.3 Å². The lowest BCUT2D eigenvalue weighted by Crippen LogP contribution is -2.20. The molecule has 29 heavy (non-hydrogen) atoms. The highest BCUT2D eigenvalue weighted by molar-refractivity contribution is 9.10. The summed E-state index contributed by atoms with van der Waals surface area (Å²) in [4.78, 5) is 6.60. The van der Waals surface area contributed by atoms with Crippen molar-refractivity contribution in [1.29, 1.82) is 0 Å². The van der Waals surface area contributed by atoms with E-state index in [4.69, 9.17) is 4.99 Å². The molecule has 146 valence electrons. The summed E-state index contributed by atoms with van der Waals surface area (Å²) in [5.41, 5.74) is 9.37. The third-order valence-electron chi connectivity index (χ3n) is 6.23. The van der Waals surface area contributed by atoms with E-state index in [1.54, 1.807) is 0 Å². The largest absolute Gasteiger partial charge is 0.251 e. The zero-order chi connectivity index (χ0) is 20.0. The van der Waals surface area contributed by atoms with E-state index in [1.807, 2.05) is 11.8 Å². The summed E-state index contributed by atoms with van der Waals surface area (Å²) < 4.78 is 1.13. The van der Waals surface area contributed by atoms with Gasteiger partial charge in [-0.3, -0.25) is 4.99 Å². The number of hydrogen-bond donors (Lipinski definition) is 0. The predicted molar refractivity (Wildman–Crippen MR) is 128 cm³/mol. The lowest BCUT2D eigenvalue weighted by molar-refractivity contribution is 0.589. The number of nitrogens with zero attached hydrogens (tertiary/aromatic N) is 1. The van der Waals surface area contributed by atoms with E-state index < -0.39 is 0 Å². The Hall–Kier alpha value is -1.84. The summed E-state index contributed by atoms with van der Waals surface area (Å²) in [5.74, 6) is 0.414. The topological polar surface area (TPSA) is 12.4 Å². The van der Waals surface area contributed by atoms with E-state index in [-0.39, 0.29) is 0 Å². The number of rotatable bonds is 1. The second kappa shape index (κ2) is 7.77. The van der Waals surface area contributed by atoms with Gasteiger partial charge in [-0.15, -0.1) is 11.8 Å². The van der Waals surface area contributed by atoms with Crippen molar-refractivity contribution < 1.29 is 0 Å². The van der Waals surface area contributed by atoms with Gasteiger partial charge in [-0.25, -0.2) is 0 Å². The molecule has 5 rings (SSSR count). The highest BCUT2D eigenvalue weighted by Crippen LogP contribution is 2.50. The average Bonchev–Trinajstić information content (AvgIpc) is 2.98. The van der Waals surface area contributed by atoms with E-state index in [2.05, 4.69) is 90.4 Å². The maximum Gasteiger partial charge on any atom is 0.0769 e. The van der Waals surface area contributed by atoms with Gasteiger partial charge in [0.15, 0.2) is 0 Å². The molecule has 3 heteroatoms. The van der Waals surface area contributed by atoms with Gasteiger partial charge in [0.05, 0.1) is 11.4 Å². The Kier molecular flexibility index (Phi) is 5.13. The fourth-order valence-corrected chi connectivity index (χ4v) is 6.21. The molecule has 1 aliphatic heterocycles. The van der Waals surface area contributed by atoms with Crippen LogP contribution < -0.4 is 0 Å². The molecule has 0 bridgehead atoms. The Bertz CT molecular complexity index is 1100. The van der Waals surface area contributed by atoms with Crippen LogP contribution in [0.15, 0.2) is 75.0 Å². The predicted octanol–water partition coefficient (Wildman–Crippen LogP) is 7.99. The minimum Gasteiger partial charge on any atom is -0.251 e. The summed E-state index contributed by atoms with van der Waals surface area (Å²) in [6.07, 6.45) is 3.53. The quantitative estimate of drug-likeness (QED) is 0.357. The third-order valence-corrected chi connectivity index (χ3v) is 8.21. The second-order valence-electron chi connectivity index (χ2n) is 8.15. The maximum absolute atomic E-state index is 5.31. The van der Waals surface area contributed by atoms with Crippen molar-refractivity contribution in [3.8, 4) is 0 Å². The van der Waals surface area contributed by atoms with Crippen LogP contribution >= 0.6 is 27.7 Å². The smallest absolute Gasteiger partial charge is 0.0769 e. The molecule has 0 aromatic heterocycles. The van der Waals surface area contributed by atoms with Crippen molar-refractivity contribution in [2.75, 3.05) is 0 Å². The number of aliphatic imine (C=N–C) groups is 1. The van der Waals surface area contributed by atoms with Gasteiger partial charge in [0, 0.05) is 20.5 Å². The maximum atomic E-state index is 5.31. The zero-order valence-corrected chi connectivity index (χ0v) is 19.2. The van der Waals surface area contributed by atoms with Crippen molar-refractivity contribution in [3.05, 3.63) is 93.0 Å². The molecule has 2 aliphatic rings. The van der Waals surface area contributed by atoms with Crippen LogP contribution in [0.4, 0.5) is 5.69 Å². The average molecular weight is 462 g/mol. The molecule has 2 unspecified atom stereocenters. The monoisotopic (exact) mass is 461 g/mol. The Morgan fingerprint density at radius 2 is 1.72 bits per heavy atom. The first-order valence-corrected chi connectivity index (χ1v) is 12.0. The summed E-state index contributed by atoms with van der Waals surface area (Å²) in [6.45, 7) is 4.45. The van der Waals surface area contributed by atoms with Gasteiger partial charge in [-0.1, -0.05) is 46.3 Å². The summed E-state index contributed by atoms with van der Waals surface area (Å²) in [5, 5.41) is 0.373. The molecule has 0 amide bonds. The van der Waals surface area contributed by atoms with Crippen LogP contribution in [0, 0.1) is 19.8 Å². The number of hydrogen-bond acceptors (Lipinski definition) is 2. The zero-order valence-electron chi connectivity index (χ0n) is 16.8. The molecule has 0 fully saturated rings. The van der Waals surface area contributed by atoms with Gasteiger partial charge in [0.25, 0.3) is 0 Å². The van der Waals surface area contributed by atoms with E-state index in [0.29, 0.717) is 11.2 Å². The van der Waals surface area contributed by atoms with Crippen LogP contribution in [0.1, 0.15) is 45.9 Å². The number of halogens is 1. The molecule has 3 aromatic rings. The highest BCUT2D eigenvalue weighted by Gasteiger charge is 2.35. The first kappa shape index (κ1) is 19.1. The minimum absolute atomic E-state index is 0.373. The van der Waals surface area contributed by atoms with Gasteiger partial charge >= 0.3 is 0 Å². The molecule has 0 radical (unpaired) electrons. The molecule has 2 atom stereocenters. The fraction of sp³-hybridized carbons (Fsp3) is 0.269. The normalized spacial score (nSPS) is 20.6. The molecule has 0 N–H and O–H groups in total. The van der Waals surface area contributed by atoms with Crippen LogP contribution in [-0.4, -0.2) is 5.71 Å². The van der Waals surface area contributed by atoms with Crippen molar-refractivity contribution in [3.63, 3.8) is 0 Å². The van der Waals surface area contributed by atoms with Crippen LogP contribution in [0.25, 0.3) is 0 Å². The Labute approximate surface area is 185 Å². The molecule has 1 aliphatic carbocycles. The molecular formula is C26H24BrNS. The third kappa shape index (κ3) is 3.60. The SMILES string of the molecule is Cc1cc2c(cc1C)C1=Nc3ccccc3SC(c3ccc(Br)cc3)C1CCC2. The van der Waals surface area contributed by atoms with Gasteiger partial charge < -0.3 is 0 Å². The van der Waals surface area contributed by atoms with Crippen LogP contribution in [0.3, 0.4) is 0 Å². The Morgan fingerprint density at radius 3 is 2.55 bits per heavy atom. The highest BCUT2D eigenvalue weighted by atomic mass is 79.9. The minimum atomic E-state index is 0.373. The van der Waals surface area contributed by atoms with E-state index in [1.165, 1.54) is 51.3 Å². The van der Waals surface area contributed by atoms with Crippen molar-refractivity contribution >= 4 is 39.1 Å². The molecular weight excluding hydrogens is 438 g/mol. The molecule has 1 nitrogen and oxygen atoms in total. The number of aryl methyl sites for hydroxylation is 3. The lowest BCUT2D eigenvalue weighted by atomic mass is 9.87. The Balaban J connectivity index is 1.73. The summed E-state index contributed by atoms with van der Waals surface area (Å²) in [7, 11) is 0.